The van der Waals surface area contributed by atoms with Gasteiger partial charge in [-0.1, -0.05) is 155 Å². The predicted octanol–water partition coefficient (Wildman–Crippen LogP) is 10.1. The Balaban J connectivity index is -0.00000166. The van der Waals surface area contributed by atoms with Crippen LogP contribution in [0.5, 0.6) is 0 Å². The largest absolute Gasteiger partial charge is 0.481 e. The van der Waals surface area contributed by atoms with E-state index in [9.17, 15) is 48.6 Å². The average Bonchev–Trinajstić information content (AvgIpc) is 3.34. The van der Waals surface area contributed by atoms with Crippen molar-refractivity contribution in [3.8, 4) is 0 Å². The highest BCUT2D eigenvalue weighted by molar-refractivity contribution is 8.76. The third-order valence-corrected chi connectivity index (χ3v) is 14.4. The Kier molecular flexibility index (Phi) is 62.6. The van der Waals surface area contributed by atoms with Crippen molar-refractivity contribution < 1.29 is 68.3 Å². The van der Waals surface area contributed by atoms with Gasteiger partial charge in [0.25, 0.3) is 0 Å². The monoisotopic (exact) mass is 1130 g/mol. The van der Waals surface area contributed by atoms with Crippen molar-refractivity contribution in [3.63, 3.8) is 0 Å². The number of ketones is 1. The number of nitrogens with one attached hydrogen (secondary N) is 3. The number of carbonyl (C=O) groups is 8. The molecule has 0 unspecified atom stereocenters. The number of rotatable bonds is 45. The SMILES string of the molecule is CSSC.CSSC.CSSC.C[C@@H](CCCCNC(=O)CC[C@H](NC(=O)CC[C@H](CC(=O)COCCOCCNC(=O)CCCCCCCCCCCCCCCCC(=O)O)C(=O)O)C(=O)O)C(=O)O. The molecule has 0 aromatic carbocycles. The van der Waals surface area contributed by atoms with Crippen LogP contribution in [0.1, 0.15) is 161 Å². The molecule has 0 radical (unpaired) electrons. The number of hydrogen-bond acceptors (Lipinski definition) is 16. The third kappa shape index (κ3) is 62.2. The smallest absolute Gasteiger partial charge is 0.326 e. The van der Waals surface area contributed by atoms with Gasteiger partial charge >= 0.3 is 23.9 Å². The number of ether oxygens (including phenoxy) is 2. The maximum atomic E-state index is 12.4. The summed E-state index contributed by atoms with van der Waals surface area (Å²) in [5.74, 6) is -7.56. The van der Waals surface area contributed by atoms with Gasteiger partial charge in [-0.3, -0.25) is 33.6 Å². The van der Waals surface area contributed by atoms with E-state index < -0.39 is 59.4 Å². The molecule has 0 heterocycles. The number of carboxylic acids is 4. The zero-order valence-corrected chi connectivity index (χ0v) is 48.7. The van der Waals surface area contributed by atoms with Gasteiger partial charge in [0.05, 0.1) is 31.7 Å². The molecule has 0 aliphatic rings. The molecule has 0 fully saturated rings. The minimum atomic E-state index is -1.37. The lowest BCUT2D eigenvalue weighted by molar-refractivity contribution is -0.145. The maximum Gasteiger partial charge on any atom is 0.326 e. The first kappa shape index (κ1) is 75.5. The molecule has 3 amide bonds. The number of unbranched alkanes of at least 4 members (excludes halogenated alkanes) is 14. The van der Waals surface area contributed by atoms with E-state index in [1.54, 1.807) is 71.7 Å². The van der Waals surface area contributed by atoms with Crippen molar-refractivity contribution in [2.24, 2.45) is 11.8 Å². The minimum Gasteiger partial charge on any atom is -0.481 e. The van der Waals surface area contributed by atoms with Crippen LogP contribution in [-0.4, -0.2) is 151 Å². The molecule has 418 valence electrons. The summed E-state index contributed by atoms with van der Waals surface area (Å²) in [5, 5.41) is 44.3. The van der Waals surface area contributed by atoms with Crippen LogP contribution in [0.2, 0.25) is 0 Å². The number of carbonyl (C=O) groups excluding carboxylic acids is 4. The second kappa shape index (κ2) is 58.9. The summed E-state index contributed by atoms with van der Waals surface area (Å²) in [6, 6.07) is -1.37. The number of hydrogen-bond donors (Lipinski definition) is 7. The van der Waals surface area contributed by atoms with Crippen LogP contribution < -0.4 is 16.0 Å². The topological polar surface area (TPSA) is 272 Å². The molecular formula is C48H91N3O14S6. The van der Waals surface area contributed by atoms with E-state index in [-0.39, 0.29) is 70.9 Å². The summed E-state index contributed by atoms with van der Waals surface area (Å²) >= 11 is 0. The van der Waals surface area contributed by atoms with Gasteiger partial charge in [-0.25, -0.2) is 4.79 Å². The van der Waals surface area contributed by atoms with E-state index in [2.05, 4.69) is 53.5 Å². The number of carboxylic acid groups (broad SMARTS) is 4. The van der Waals surface area contributed by atoms with Gasteiger partial charge in [0, 0.05) is 45.2 Å². The minimum absolute atomic E-state index is 0.0284. The zero-order valence-electron chi connectivity index (χ0n) is 43.8. The molecule has 3 atom stereocenters. The molecule has 0 bridgehead atoms. The van der Waals surface area contributed by atoms with Crippen molar-refractivity contribution in [3.05, 3.63) is 0 Å². The van der Waals surface area contributed by atoms with Crippen molar-refractivity contribution >= 4 is 112 Å². The Morgan fingerprint density at radius 1 is 0.437 bits per heavy atom. The van der Waals surface area contributed by atoms with Crippen LogP contribution in [0, 0.1) is 11.8 Å². The second-order valence-electron chi connectivity index (χ2n) is 16.3. The average molecular weight is 1130 g/mol. The summed E-state index contributed by atoms with van der Waals surface area (Å²) in [6.07, 6.45) is 29.1. The van der Waals surface area contributed by atoms with Crippen LogP contribution in [0.25, 0.3) is 0 Å². The normalized spacial score (nSPS) is 11.7. The second-order valence-corrected chi connectivity index (χ2v) is 24.3. The summed E-state index contributed by atoms with van der Waals surface area (Å²) in [5.41, 5.74) is 0. The van der Waals surface area contributed by atoms with Crippen LogP contribution in [0.3, 0.4) is 0 Å². The van der Waals surface area contributed by atoms with Crippen molar-refractivity contribution in [1.29, 1.82) is 0 Å². The summed E-state index contributed by atoms with van der Waals surface area (Å²) < 4.78 is 10.7. The molecule has 7 N–H and O–H groups in total. The molecular weight excluding hydrogens is 1030 g/mol. The van der Waals surface area contributed by atoms with E-state index >= 15 is 0 Å². The molecule has 0 saturated carbocycles. The van der Waals surface area contributed by atoms with Gasteiger partial charge in [0.2, 0.25) is 17.7 Å². The lowest BCUT2D eigenvalue weighted by atomic mass is 9.97. The Morgan fingerprint density at radius 2 is 0.873 bits per heavy atom. The molecule has 0 aromatic rings. The summed E-state index contributed by atoms with van der Waals surface area (Å²) in [7, 11) is 10.6. The van der Waals surface area contributed by atoms with Gasteiger partial charge in [0.15, 0.2) is 5.78 Å². The molecule has 0 saturated heterocycles. The Bertz CT molecular complexity index is 1340. The Hall–Kier alpha value is -2.02. The molecule has 0 rings (SSSR count). The fraction of sp³-hybridized carbons (Fsp3) is 0.833. The predicted molar refractivity (Wildman–Crippen MR) is 300 cm³/mol. The summed E-state index contributed by atoms with van der Waals surface area (Å²) in [6.45, 7) is 2.42. The standard InChI is InChI=1S/C42H73N3O14.3C2H6S2/c1-32(40(52)53)18-16-17-25-43-37(48)24-22-35(42(56)57)45-38(49)23-21-33(41(54)55)30-34(46)31-59-29-28-58-27-26-44-36(47)19-14-12-10-8-6-4-2-3-5-7-9-11-13-15-20-39(50)51;3*1-3-4-2/h32-33,35H,2-31H2,1H3,(H,43,48)(H,44,47)(H,45,49)(H,50,51)(H,52,53)(H,54,55)(H,56,57);3*1-2H3/t32-,33+,35-;;;/m0.../s1. The van der Waals surface area contributed by atoms with Gasteiger partial charge < -0.3 is 45.9 Å². The maximum absolute atomic E-state index is 12.4. The third-order valence-electron chi connectivity index (χ3n) is 10.4. The van der Waals surface area contributed by atoms with Gasteiger partial charge in [0.1, 0.15) is 12.6 Å². The number of aliphatic carboxylic acids is 4. The van der Waals surface area contributed by atoms with E-state index in [1.807, 2.05) is 0 Å². The van der Waals surface area contributed by atoms with Crippen LogP contribution in [0.15, 0.2) is 0 Å². The highest BCUT2D eigenvalue weighted by atomic mass is 33.1. The van der Waals surface area contributed by atoms with E-state index in [0.29, 0.717) is 38.8 Å². The molecule has 0 aromatic heterocycles. The Morgan fingerprint density at radius 3 is 1.32 bits per heavy atom. The van der Waals surface area contributed by atoms with Crippen molar-refractivity contribution in [2.75, 3.05) is 77.1 Å². The highest BCUT2D eigenvalue weighted by Gasteiger charge is 2.25. The summed E-state index contributed by atoms with van der Waals surface area (Å²) in [4.78, 5) is 93.6. The Labute approximate surface area is 449 Å². The van der Waals surface area contributed by atoms with Crippen molar-refractivity contribution in [1.82, 2.24) is 16.0 Å². The lowest BCUT2D eigenvalue weighted by Crippen LogP contribution is -2.42. The lowest BCUT2D eigenvalue weighted by Gasteiger charge is -2.16. The van der Waals surface area contributed by atoms with E-state index in [1.165, 1.54) is 51.4 Å². The van der Waals surface area contributed by atoms with Gasteiger partial charge in [-0.05, 0) is 76.1 Å². The zero-order chi connectivity index (χ0) is 54.3. The molecule has 17 nitrogen and oxygen atoms in total. The van der Waals surface area contributed by atoms with Crippen LogP contribution >= 0.6 is 64.8 Å². The van der Waals surface area contributed by atoms with Crippen molar-refractivity contribution in [2.45, 2.75) is 167 Å². The first-order valence-electron chi connectivity index (χ1n) is 24.6. The quantitative estimate of drug-likeness (QED) is 0.0221. The highest BCUT2D eigenvalue weighted by Crippen LogP contribution is 2.16. The fourth-order valence-electron chi connectivity index (χ4n) is 6.21. The molecule has 71 heavy (non-hydrogen) atoms. The number of amides is 3. The van der Waals surface area contributed by atoms with E-state index in [4.69, 9.17) is 19.7 Å². The molecule has 0 aliphatic heterocycles. The van der Waals surface area contributed by atoms with E-state index in [0.717, 1.165) is 38.5 Å². The van der Waals surface area contributed by atoms with Crippen LogP contribution in [-0.2, 0) is 47.8 Å². The number of Topliss-reactive ketones (excluding diaryl/α,β-unsaturated/α-hetero) is 1. The van der Waals surface area contributed by atoms with Crippen LogP contribution in [0.4, 0.5) is 0 Å². The fourth-order valence-corrected chi connectivity index (χ4v) is 6.21. The van der Waals surface area contributed by atoms with Gasteiger partial charge in [-0.2, -0.15) is 0 Å². The first-order chi connectivity index (χ1) is 34.0. The van der Waals surface area contributed by atoms with Gasteiger partial charge in [-0.15, -0.1) is 0 Å². The first-order valence-corrected chi connectivity index (χ1v) is 33.5. The molecule has 0 spiro atoms. The molecule has 0 aliphatic carbocycles. The molecule has 23 heteroatoms.